The number of benzene rings is 2. The number of anilines is 1. The monoisotopic (exact) mass is 373 g/mol. The van der Waals surface area contributed by atoms with E-state index in [1.54, 1.807) is 0 Å². The lowest BCUT2D eigenvalue weighted by molar-refractivity contribution is -0.123. The first-order valence-electron chi connectivity index (χ1n) is 6.70. The molecule has 0 unspecified atom stereocenters. The second-order valence-electron chi connectivity index (χ2n) is 4.79. The molecule has 0 aliphatic rings. The SMILES string of the molecule is C[C@H](OC(=O)c1cc(F)c(Cl)cc1Cl)C(=O)Nc1cccc(F)c1. The van der Waals surface area contributed by atoms with E-state index in [1.807, 2.05) is 0 Å². The number of rotatable bonds is 4. The zero-order valence-electron chi connectivity index (χ0n) is 12.3. The number of amides is 1. The molecule has 4 nitrogen and oxygen atoms in total. The first kappa shape index (κ1) is 18.2. The first-order valence-corrected chi connectivity index (χ1v) is 7.45. The van der Waals surface area contributed by atoms with Crippen LogP contribution in [0, 0.1) is 11.6 Å². The number of hydrogen-bond donors (Lipinski definition) is 1. The van der Waals surface area contributed by atoms with Crippen LogP contribution in [-0.2, 0) is 9.53 Å². The van der Waals surface area contributed by atoms with Gasteiger partial charge in [-0.05, 0) is 37.3 Å². The van der Waals surface area contributed by atoms with Crippen LogP contribution in [0.5, 0.6) is 0 Å². The second-order valence-corrected chi connectivity index (χ2v) is 5.61. The summed E-state index contributed by atoms with van der Waals surface area (Å²) in [4.78, 5) is 24.0. The molecule has 1 amide bonds. The molecular weight excluding hydrogens is 363 g/mol. The molecule has 0 spiro atoms. The van der Waals surface area contributed by atoms with Crippen molar-refractivity contribution < 1.29 is 23.1 Å². The van der Waals surface area contributed by atoms with Gasteiger partial charge < -0.3 is 10.1 Å². The number of carbonyl (C=O) groups excluding carboxylic acids is 2. The summed E-state index contributed by atoms with van der Waals surface area (Å²) in [5.41, 5.74) is -0.0533. The van der Waals surface area contributed by atoms with Crippen LogP contribution >= 0.6 is 23.2 Å². The number of halogens is 4. The first-order chi connectivity index (χ1) is 11.3. The number of carbonyl (C=O) groups is 2. The molecule has 1 N–H and O–H groups in total. The summed E-state index contributed by atoms with van der Waals surface area (Å²) in [6, 6.07) is 7.10. The molecule has 126 valence electrons. The Morgan fingerprint density at radius 2 is 1.83 bits per heavy atom. The molecule has 24 heavy (non-hydrogen) atoms. The normalized spacial score (nSPS) is 11.7. The molecular formula is C16H11Cl2F2NO3. The maximum Gasteiger partial charge on any atom is 0.340 e. The van der Waals surface area contributed by atoms with Crippen LogP contribution in [0.3, 0.4) is 0 Å². The van der Waals surface area contributed by atoms with Crippen LogP contribution in [0.25, 0.3) is 0 Å². The summed E-state index contributed by atoms with van der Waals surface area (Å²) >= 11 is 11.4. The molecule has 0 radical (unpaired) electrons. The summed E-state index contributed by atoms with van der Waals surface area (Å²) in [5, 5.41) is 2.04. The minimum absolute atomic E-state index is 0.107. The van der Waals surface area contributed by atoms with Crippen molar-refractivity contribution in [3.05, 3.63) is 63.6 Å². The molecule has 8 heteroatoms. The predicted molar refractivity (Wildman–Crippen MR) is 86.3 cm³/mol. The molecule has 2 aromatic rings. The van der Waals surface area contributed by atoms with Gasteiger partial charge in [-0.15, -0.1) is 0 Å². The number of hydrogen-bond acceptors (Lipinski definition) is 3. The molecule has 0 heterocycles. The number of ether oxygens (including phenoxy) is 1. The molecule has 0 aliphatic carbocycles. The second kappa shape index (κ2) is 7.59. The van der Waals surface area contributed by atoms with Crippen LogP contribution in [0.15, 0.2) is 36.4 Å². The molecule has 0 bridgehead atoms. The summed E-state index contributed by atoms with van der Waals surface area (Å²) in [6.45, 7) is 1.31. The van der Waals surface area contributed by atoms with Gasteiger partial charge in [0.15, 0.2) is 6.10 Å². The van der Waals surface area contributed by atoms with Gasteiger partial charge in [-0.25, -0.2) is 13.6 Å². The van der Waals surface area contributed by atoms with Crippen molar-refractivity contribution in [3.63, 3.8) is 0 Å². The van der Waals surface area contributed by atoms with E-state index in [0.717, 1.165) is 18.2 Å². The van der Waals surface area contributed by atoms with E-state index in [0.29, 0.717) is 0 Å². The fourth-order valence-electron chi connectivity index (χ4n) is 1.77. The topological polar surface area (TPSA) is 55.4 Å². The van der Waals surface area contributed by atoms with Gasteiger partial charge in [0.25, 0.3) is 5.91 Å². The Morgan fingerprint density at radius 3 is 2.50 bits per heavy atom. The lowest BCUT2D eigenvalue weighted by Crippen LogP contribution is -2.30. The fourth-order valence-corrected chi connectivity index (χ4v) is 2.23. The van der Waals surface area contributed by atoms with Crippen molar-refractivity contribution in [1.29, 1.82) is 0 Å². The van der Waals surface area contributed by atoms with Crippen molar-refractivity contribution in [2.45, 2.75) is 13.0 Å². The summed E-state index contributed by atoms with van der Waals surface area (Å²) in [5.74, 6) is -3.04. The Balaban J connectivity index is 2.06. The zero-order valence-corrected chi connectivity index (χ0v) is 13.8. The van der Waals surface area contributed by atoms with E-state index in [-0.39, 0.29) is 21.3 Å². The Hall–Kier alpha value is -2.18. The van der Waals surface area contributed by atoms with Crippen molar-refractivity contribution in [1.82, 2.24) is 0 Å². The van der Waals surface area contributed by atoms with Crippen LogP contribution in [0.2, 0.25) is 10.0 Å². The Morgan fingerprint density at radius 1 is 1.12 bits per heavy atom. The van der Waals surface area contributed by atoms with Crippen LogP contribution in [0.4, 0.5) is 14.5 Å². The average Bonchev–Trinajstić information content (AvgIpc) is 2.50. The van der Waals surface area contributed by atoms with Gasteiger partial charge >= 0.3 is 5.97 Å². The maximum absolute atomic E-state index is 13.4. The van der Waals surface area contributed by atoms with Crippen molar-refractivity contribution in [2.24, 2.45) is 0 Å². The molecule has 0 saturated heterocycles. The molecule has 2 rings (SSSR count). The average molecular weight is 374 g/mol. The minimum Gasteiger partial charge on any atom is -0.449 e. The van der Waals surface area contributed by atoms with Gasteiger partial charge in [-0.1, -0.05) is 29.3 Å². The molecule has 2 aromatic carbocycles. The Kier molecular flexibility index (Phi) is 5.75. The highest BCUT2D eigenvalue weighted by Crippen LogP contribution is 2.25. The van der Waals surface area contributed by atoms with Crippen LogP contribution in [0.1, 0.15) is 17.3 Å². The van der Waals surface area contributed by atoms with Gasteiger partial charge in [-0.2, -0.15) is 0 Å². The third-order valence-corrected chi connectivity index (χ3v) is 3.58. The Labute approximate surface area is 146 Å². The molecule has 1 atom stereocenters. The van der Waals surface area contributed by atoms with Crippen molar-refractivity contribution in [3.8, 4) is 0 Å². The maximum atomic E-state index is 13.4. The van der Waals surface area contributed by atoms with Gasteiger partial charge in [0.2, 0.25) is 0 Å². The summed E-state index contributed by atoms with van der Waals surface area (Å²) in [6.07, 6.45) is -1.21. The van der Waals surface area contributed by atoms with E-state index in [1.165, 1.54) is 25.1 Å². The highest BCUT2D eigenvalue weighted by atomic mass is 35.5. The van der Waals surface area contributed by atoms with Crippen molar-refractivity contribution >= 4 is 40.8 Å². The van der Waals surface area contributed by atoms with E-state index in [4.69, 9.17) is 27.9 Å². The fraction of sp³-hybridized carbons (Fsp3) is 0.125. The Bertz CT molecular complexity index is 799. The smallest absolute Gasteiger partial charge is 0.340 e. The van der Waals surface area contributed by atoms with E-state index in [9.17, 15) is 18.4 Å². The van der Waals surface area contributed by atoms with Crippen molar-refractivity contribution in [2.75, 3.05) is 5.32 Å². The lowest BCUT2D eigenvalue weighted by atomic mass is 10.2. The highest BCUT2D eigenvalue weighted by molar-refractivity contribution is 6.36. The van der Waals surface area contributed by atoms with Gasteiger partial charge in [0.05, 0.1) is 15.6 Å². The highest BCUT2D eigenvalue weighted by Gasteiger charge is 2.22. The molecule has 0 fully saturated rings. The van der Waals surface area contributed by atoms with Gasteiger partial charge in [0.1, 0.15) is 11.6 Å². The minimum atomic E-state index is -1.21. The third-order valence-electron chi connectivity index (χ3n) is 2.98. The number of nitrogens with one attached hydrogen (secondary N) is 1. The molecule has 0 saturated carbocycles. The quantitative estimate of drug-likeness (QED) is 0.635. The standard InChI is InChI=1S/C16H11Cl2F2NO3/c1-8(15(22)21-10-4-2-3-9(19)5-10)24-16(23)11-6-14(20)13(18)7-12(11)17/h2-8H,1H3,(H,21,22)/t8-/m0/s1. The van der Waals surface area contributed by atoms with Crippen LogP contribution in [-0.4, -0.2) is 18.0 Å². The molecule has 0 aromatic heterocycles. The predicted octanol–water partition coefficient (Wildman–Crippen LogP) is 4.46. The van der Waals surface area contributed by atoms with Gasteiger partial charge in [0, 0.05) is 5.69 Å². The summed E-state index contributed by atoms with van der Waals surface area (Å²) < 4.78 is 31.4. The van der Waals surface area contributed by atoms with E-state index >= 15 is 0 Å². The zero-order chi connectivity index (χ0) is 17.9. The lowest BCUT2D eigenvalue weighted by Gasteiger charge is -2.14. The summed E-state index contributed by atoms with van der Waals surface area (Å²) in [7, 11) is 0. The number of esters is 1. The van der Waals surface area contributed by atoms with E-state index in [2.05, 4.69) is 5.32 Å². The van der Waals surface area contributed by atoms with Crippen LogP contribution < -0.4 is 5.32 Å². The third kappa shape index (κ3) is 4.43. The van der Waals surface area contributed by atoms with Gasteiger partial charge in [-0.3, -0.25) is 4.79 Å². The largest absolute Gasteiger partial charge is 0.449 e. The van der Waals surface area contributed by atoms with E-state index < -0.39 is 29.6 Å². The molecule has 0 aliphatic heterocycles.